The number of amides is 1. The lowest BCUT2D eigenvalue weighted by Gasteiger charge is -2.27. The van der Waals surface area contributed by atoms with Gasteiger partial charge in [0.2, 0.25) is 0 Å². The molecule has 2 fully saturated rings. The van der Waals surface area contributed by atoms with Crippen LogP contribution in [0.5, 0.6) is 0 Å². The van der Waals surface area contributed by atoms with Gasteiger partial charge in [0.15, 0.2) is 5.82 Å². The standard InChI is InChI=1S/C24H28FN7O2/c25-17-9-18(12-27-11-17)30-24-22-21(28-14-29-24)19(23(26)33)10-20(31-22)16-3-1-15(2-4-16)13-32-5-7-34-8-6-32/h1-4,10,14,17-18,27H,5-9,11-13H2,(H2,26,33)(H,28,29,30)/t17-,18-/m0/s1. The number of nitrogens with two attached hydrogens (primary N) is 1. The molecule has 1 amide bonds. The number of benzene rings is 1. The minimum Gasteiger partial charge on any atom is -0.379 e. The number of primary amides is 1. The van der Waals surface area contributed by atoms with Crippen LogP contribution in [0, 0.1) is 0 Å². The van der Waals surface area contributed by atoms with Gasteiger partial charge >= 0.3 is 0 Å². The topological polar surface area (TPSA) is 118 Å². The lowest BCUT2D eigenvalue weighted by atomic mass is 10.0. The number of morpholine rings is 1. The average Bonchev–Trinajstić information content (AvgIpc) is 2.85. The number of hydrogen-bond acceptors (Lipinski definition) is 8. The normalized spacial score (nSPS) is 21.4. The Labute approximate surface area is 196 Å². The summed E-state index contributed by atoms with van der Waals surface area (Å²) >= 11 is 0. The highest BCUT2D eigenvalue weighted by Crippen LogP contribution is 2.28. The second-order valence-corrected chi connectivity index (χ2v) is 8.76. The van der Waals surface area contributed by atoms with Crippen LogP contribution in [0.4, 0.5) is 10.2 Å². The van der Waals surface area contributed by atoms with E-state index in [4.69, 9.17) is 15.5 Å². The predicted octanol–water partition coefficient (Wildman–Crippen LogP) is 1.73. The summed E-state index contributed by atoms with van der Waals surface area (Å²) in [5.41, 5.74) is 9.41. The monoisotopic (exact) mass is 465 g/mol. The molecule has 5 rings (SSSR count). The molecule has 0 bridgehead atoms. The number of carbonyl (C=O) groups excluding carboxylic acids is 1. The fourth-order valence-electron chi connectivity index (χ4n) is 4.47. The predicted molar refractivity (Wildman–Crippen MR) is 127 cm³/mol. The van der Waals surface area contributed by atoms with Gasteiger partial charge in [-0.1, -0.05) is 24.3 Å². The third-order valence-corrected chi connectivity index (χ3v) is 6.25. The van der Waals surface area contributed by atoms with Gasteiger partial charge in [-0.2, -0.15) is 0 Å². The molecule has 178 valence electrons. The van der Waals surface area contributed by atoms with Crippen LogP contribution in [0.15, 0.2) is 36.7 Å². The van der Waals surface area contributed by atoms with Gasteiger partial charge < -0.3 is 21.1 Å². The van der Waals surface area contributed by atoms with Crippen molar-refractivity contribution in [3.05, 3.63) is 47.8 Å². The SMILES string of the molecule is NC(=O)c1cc(-c2ccc(CN3CCOCC3)cc2)nc2c(N[C@@H]3CNC[C@@H](F)C3)ncnc12. The molecule has 2 aliphatic heterocycles. The number of halogens is 1. The Balaban J connectivity index is 1.46. The van der Waals surface area contributed by atoms with E-state index in [0.717, 1.165) is 38.4 Å². The number of alkyl halides is 1. The highest BCUT2D eigenvalue weighted by Gasteiger charge is 2.23. The van der Waals surface area contributed by atoms with Gasteiger partial charge in [0.1, 0.15) is 23.5 Å². The molecule has 0 aliphatic carbocycles. The number of nitrogens with zero attached hydrogens (tertiary/aromatic N) is 4. The first-order valence-electron chi connectivity index (χ1n) is 11.5. The maximum atomic E-state index is 13.9. The molecular weight excluding hydrogens is 437 g/mol. The van der Waals surface area contributed by atoms with E-state index in [1.807, 2.05) is 12.1 Å². The summed E-state index contributed by atoms with van der Waals surface area (Å²) < 4.78 is 19.3. The number of rotatable bonds is 6. The maximum absolute atomic E-state index is 13.9. The van der Waals surface area contributed by atoms with Crippen molar-refractivity contribution in [1.82, 2.24) is 25.2 Å². The van der Waals surface area contributed by atoms with Gasteiger partial charge in [0, 0.05) is 50.7 Å². The smallest absolute Gasteiger partial charge is 0.251 e. The lowest BCUT2D eigenvalue weighted by Crippen LogP contribution is -2.44. The second kappa shape index (κ2) is 9.96. The summed E-state index contributed by atoms with van der Waals surface area (Å²) in [4.78, 5) is 28.0. The molecule has 0 spiro atoms. The largest absolute Gasteiger partial charge is 0.379 e. The van der Waals surface area contributed by atoms with Gasteiger partial charge in [-0.3, -0.25) is 9.69 Å². The van der Waals surface area contributed by atoms with Crippen molar-refractivity contribution in [3.63, 3.8) is 0 Å². The Bertz CT molecular complexity index is 1170. The molecule has 34 heavy (non-hydrogen) atoms. The van der Waals surface area contributed by atoms with E-state index in [9.17, 15) is 9.18 Å². The molecule has 2 aromatic heterocycles. The van der Waals surface area contributed by atoms with Crippen molar-refractivity contribution in [2.45, 2.75) is 25.2 Å². The van der Waals surface area contributed by atoms with Crippen LogP contribution in [-0.4, -0.2) is 77.4 Å². The van der Waals surface area contributed by atoms with Gasteiger partial charge in [0.25, 0.3) is 5.91 Å². The highest BCUT2D eigenvalue weighted by molar-refractivity contribution is 6.06. The molecule has 1 aromatic carbocycles. The minimum atomic E-state index is -0.931. The van der Waals surface area contributed by atoms with Crippen LogP contribution in [-0.2, 0) is 11.3 Å². The Morgan fingerprint density at radius 1 is 1.18 bits per heavy atom. The number of carbonyl (C=O) groups is 1. The molecule has 9 nitrogen and oxygen atoms in total. The molecule has 4 N–H and O–H groups in total. The van der Waals surface area contributed by atoms with Crippen LogP contribution in [0.2, 0.25) is 0 Å². The van der Waals surface area contributed by atoms with E-state index < -0.39 is 12.1 Å². The second-order valence-electron chi connectivity index (χ2n) is 8.76. The first-order chi connectivity index (χ1) is 16.6. The quantitative estimate of drug-likeness (QED) is 0.504. The summed E-state index contributed by atoms with van der Waals surface area (Å²) in [7, 11) is 0. The Kier molecular flexibility index (Phi) is 6.61. The van der Waals surface area contributed by atoms with E-state index in [1.54, 1.807) is 6.07 Å². The Hall–Kier alpha value is -3.21. The molecule has 3 aromatic rings. The third kappa shape index (κ3) is 4.98. The molecule has 4 heterocycles. The number of hydrogen-bond donors (Lipinski definition) is 3. The maximum Gasteiger partial charge on any atom is 0.251 e. The number of aromatic nitrogens is 3. The molecule has 0 unspecified atom stereocenters. The first-order valence-corrected chi connectivity index (χ1v) is 11.5. The summed E-state index contributed by atoms with van der Waals surface area (Å²) in [6.07, 6.45) is 0.799. The summed E-state index contributed by atoms with van der Waals surface area (Å²) in [6.45, 7) is 5.18. The van der Waals surface area contributed by atoms with Crippen molar-refractivity contribution in [2.24, 2.45) is 5.73 Å². The molecule has 2 atom stereocenters. The van der Waals surface area contributed by atoms with Crippen molar-refractivity contribution in [2.75, 3.05) is 44.7 Å². The van der Waals surface area contributed by atoms with Gasteiger partial charge in [-0.05, 0) is 11.6 Å². The Morgan fingerprint density at radius 3 is 2.71 bits per heavy atom. The van der Waals surface area contributed by atoms with Crippen molar-refractivity contribution < 1.29 is 13.9 Å². The molecule has 2 saturated heterocycles. The molecule has 0 radical (unpaired) electrons. The van der Waals surface area contributed by atoms with Gasteiger partial charge in [-0.25, -0.2) is 19.3 Å². The number of nitrogens with one attached hydrogen (secondary N) is 2. The highest BCUT2D eigenvalue weighted by atomic mass is 19.1. The molecular formula is C24H28FN7O2. The zero-order valence-corrected chi connectivity index (χ0v) is 18.8. The first kappa shape index (κ1) is 22.6. The van der Waals surface area contributed by atoms with Crippen molar-refractivity contribution in [1.29, 1.82) is 0 Å². The number of pyridine rings is 1. The van der Waals surface area contributed by atoms with Crippen LogP contribution in [0.3, 0.4) is 0 Å². The van der Waals surface area contributed by atoms with E-state index in [2.05, 4.69) is 37.6 Å². The number of ether oxygens (including phenoxy) is 1. The minimum absolute atomic E-state index is 0.149. The van der Waals surface area contributed by atoms with Crippen molar-refractivity contribution in [3.8, 4) is 11.3 Å². The van der Waals surface area contributed by atoms with Gasteiger partial charge in [-0.15, -0.1) is 0 Å². The van der Waals surface area contributed by atoms with E-state index in [1.165, 1.54) is 11.9 Å². The van der Waals surface area contributed by atoms with E-state index >= 15 is 0 Å². The third-order valence-electron chi connectivity index (χ3n) is 6.25. The molecule has 10 heteroatoms. The van der Waals surface area contributed by atoms with Crippen molar-refractivity contribution >= 4 is 22.8 Å². The summed E-state index contributed by atoms with van der Waals surface area (Å²) in [5, 5.41) is 6.34. The lowest BCUT2D eigenvalue weighted by molar-refractivity contribution is 0.0342. The van der Waals surface area contributed by atoms with E-state index in [0.29, 0.717) is 42.1 Å². The molecule has 2 aliphatic rings. The number of fused-ring (bicyclic) bond motifs is 1. The summed E-state index contributed by atoms with van der Waals surface area (Å²) in [6, 6.07) is 9.63. The number of anilines is 1. The van der Waals surface area contributed by atoms with Crippen LogP contribution < -0.4 is 16.4 Å². The van der Waals surface area contributed by atoms with Crippen LogP contribution in [0.25, 0.3) is 22.3 Å². The fraction of sp³-hybridized carbons (Fsp3) is 0.417. The zero-order chi connectivity index (χ0) is 23.5. The number of piperidine rings is 1. The Morgan fingerprint density at radius 2 is 1.97 bits per heavy atom. The van der Waals surface area contributed by atoms with Crippen LogP contribution in [0.1, 0.15) is 22.3 Å². The average molecular weight is 466 g/mol. The van der Waals surface area contributed by atoms with Gasteiger partial charge in [0.05, 0.1) is 24.5 Å². The van der Waals surface area contributed by atoms with Crippen LogP contribution >= 0.6 is 0 Å². The zero-order valence-electron chi connectivity index (χ0n) is 18.8. The fourth-order valence-corrected chi connectivity index (χ4v) is 4.47. The molecule has 0 saturated carbocycles. The van der Waals surface area contributed by atoms with E-state index in [-0.39, 0.29) is 11.6 Å². The summed E-state index contributed by atoms with van der Waals surface area (Å²) in [5.74, 6) is -0.135.